The molecule has 0 aliphatic heterocycles. The lowest BCUT2D eigenvalue weighted by Crippen LogP contribution is -2.24. The molecular weight excluding hydrogens is 182 g/mol. The van der Waals surface area contributed by atoms with Crippen molar-refractivity contribution in [1.29, 1.82) is 0 Å². The second-order valence-corrected chi connectivity index (χ2v) is 3.18. The van der Waals surface area contributed by atoms with Gasteiger partial charge in [-0.2, -0.15) is 0 Å². The zero-order chi connectivity index (χ0) is 10.8. The molecule has 0 unspecified atom stereocenters. The summed E-state index contributed by atoms with van der Waals surface area (Å²) in [5.41, 5.74) is 0. The predicted molar refractivity (Wildman–Crippen MR) is 55.2 cm³/mol. The molecule has 0 radical (unpaired) electrons. The van der Waals surface area contributed by atoms with Gasteiger partial charge in [-0.1, -0.05) is 0 Å². The molecule has 0 aliphatic rings. The quantitative estimate of drug-likeness (QED) is 0.434. The Morgan fingerprint density at radius 3 is 2.64 bits per heavy atom. The minimum absolute atomic E-state index is 0.136. The highest BCUT2D eigenvalue weighted by molar-refractivity contribution is 5.68. The summed E-state index contributed by atoms with van der Waals surface area (Å²) >= 11 is 0. The summed E-state index contributed by atoms with van der Waals surface area (Å²) in [5, 5.41) is 0. The fourth-order valence-corrected chi connectivity index (χ4v) is 1.07. The van der Waals surface area contributed by atoms with Crippen LogP contribution in [-0.4, -0.2) is 51.3 Å². The van der Waals surface area contributed by atoms with E-state index in [2.05, 4.69) is 9.64 Å². The predicted octanol–water partition coefficient (Wildman–Crippen LogP) is 0.908. The van der Waals surface area contributed by atoms with Gasteiger partial charge in [-0.25, -0.2) is 0 Å². The van der Waals surface area contributed by atoms with Crippen LogP contribution in [0.1, 0.15) is 19.8 Å². The molecule has 0 bridgehead atoms. The average Bonchev–Trinajstić information content (AvgIpc) is 2.18. The van der Waals surface area contributed by atoms with Gasteiger partial charge in [0.15, 0.2) is 0 Å². The number of hydrogen-bond acceptors (Lipinski definition) is 4. The van der Waals surface area contributed by atoms with E-state index in [9.17, 15) is 4.79 Å². The van der Waals surface area contributed by atoms with E-state index in [1.54, 1.807) is 0 Å². The van der Waals surface area contributed by atoms with Crippen LogP contribution in [0.2, 0.25) is 0 Å². The van der Waals surface area contributed by atoms with Crippen LogP contribution in [0.3, 0.4) is 0 Å². The van der Waals surface area contributed by atoms with Gasteiger partial charge in [-0.3, -0.25) is 4.79 Å². The molecule has 4 nitrogen and oxygen atoms in total. The summed E-state index contributed by atoms with van der Waals surface area (Å²) < 4.78 is 9.77. The Kier molecular flexibility index (Phi) is 8.57. The number of esters is 1. The Morgan fingerprint density at radius 1 is 1.36 bits per heavy atom. The van der Waals surface area contributed by atoms with Gasteiger partial charge in [0.2, 0.25) is 0 Å². The molecule has 0 rings (SSSR count). The number of carbonyl (C=O) groups excluding carboxylic acids is 1. The summed E-state index contributed by atoms with van der Waals surface area (Å²) in [6, 6.07) is 0. The number of rotatable bonds is 8. The molecule has 0 heterocycles. The van der Waals surface area contributed by atoms with Crippen LogP contribution in [-0.2, 0) is 14.3 Å². The van der Waals surface area contributed by atoms with Crippen molar-refractivity contribution in [3.8, 4) is 0 Å². The topological polar surface area (TPSA) is 38.8 Å². The molecule has 0 fully saturated rings. The zero-order valence-corrected chi connectivity index (χ0v) is 9.41. The molecule has 0 spiro atoms. The number of likely N-dealkylation sites (N-methyl/N-ethyl adjacent to an activating group) is 1. The average molecular weight is 203 g/mol. The van der Waals surface area contributed by atoms with Crippen molar-refractivity contribution in [3.63, 3.8) is 0 Å². The highest BCUT2D eigenvalue weighted by Gasteiger charge is 2.02. The summed E-state index contributed by atoms with van der Waals surface area (Å²) in [4.78, 5) is 12.9. The maximum Gasteiger partial charge on any atom is 0.305 e. The molecule has 0 N–H and O–H groups in total. The van der Waals surface area contributed by atoms with Crippen molar-refractivity contribution >= 4 is 5.97 Å². The second-order valence-electron chi connectivity index (χ2n) is 3.18. The standard InChI is InChI=1S/C10H21NO3/c1-4-14-9-8-11(2)7-5-6-10(12)13-3/h4-9H2,1-3H3. The second kappa shape index (κ2) is 8.97. The van der Waals surface area contributed by atoms with E-state index in [1.807, 2.05) is 14.0 Å². The smallest absolute Gasteiger partial charge is 0.305 e. The first-order valence-corrected chi connectivity index (χ1v) is 5.03. The Morgan fingerprint density at radius 2 is 2.07 bits per heavy atom. The molecule has 0 saturated heterocycles. The van der Waals surface area contributed by atoms with Crippen LogP contribution >= 0.6 is 0 Å². The summed E-state index contributed by atoms with van der Waals surface area (Å²) in [6.07, 6.45) is 1.34. The van der Waals surface area contributed by atoms with Crippen LogP contribution in [0, 0.1) is 0 Å². The Bertz CT molecular complexity index is 150. The Labute approximate surface area is 86.2 Å². The number of ether oxygens (including phenoxy) is 2. The van der Waals surface area contributed by atoms with Crippen molar-refractivity contribution in [3.05, 3.63) is 0 Å². The van der Waals surface area contributed by atoms with Crippen LogP contribution in [0.4, 0.5) is 0 Å². The Hall–Kier alpha value is -0.610. The maximum absolute atomic E-state index is 10.8. The molecule has 0 aromatic carbocycles. The number of methoxy groups -OCH3 is 1. The van der Waals surface area contributed by atoms with E-state index in [4.69, 9.17) is 4.74 Å². The minimum atomic E-state index is -0.136. The van der Waals surface area contributed by atoms with Gasteiger partial charge >= 0.3 is 5.97 Å². The molecule has 4 heteroatoms. The van der Waals surface area contributed by atoms with E-state index in [0.29, 0.717) is 6.42 Å². The van der Waals surface area contributed by atoms with Crippen LogP contribution in [0.15, 0.2) is 0 Å². The molecule has 0 aliphatic carbocycles. The maximum atomic E-state index is 10.8. The van der Waals surface area contributed by atoms with Gasteiger partial charge in [0.1, 0.15) is 0 Å². The lowest BCUT2D eigenvalue weighted by molar-refractivity contribution is -0.140. The highest BCUT2D eigenvalue weighted by atomic mass is 16.5. The van der Waals surface area contributed by atoms with Gasteiger partial charge in [-0.15, -0.1) is 0 Å². The fraction of sp³-hybridized carbons (Fsp3) is 0.900. The lowest BCUT2D eigenvalue weighted by atomic mass is 10.3. The number of carbonyl (C=O) groups is 1. The summed E-state index contributed by atoms with van der Waals surface area (Å²) in [6.45, 7) is 5.32. The molecule has 0 amide bonds. The van der Waals surface area contributed by atoms with E-state index < -0.39 is 0 Å². The zero-order valence-electron chi connectivity index (χ0n) is 9.41. The third-order valence-electron chi connectivity index (χ3n) is 1.97. The van der Waals surface area contributed by atoms with E-state index in [1.165, 1.54) is 7.11 Å². The molecule has 84 valence electrons. The van der Waals surface area contributed by atoms with E-state index in [0.717, 1.165) is 32.7 Å². The van der Waals surface area contributed by atoms with Crippen molar-refractivity contribution < 1.29 is 14.3 Å². The van der Waals surface area contributed by atoms with Crippen molar-refractivity contribution in [2.75, 3.05) is 40.5 Å². The summed E-state index contributed by atoms with van der Waals surface area (Å²) in [7, 11) is 3.44. The van der Waals surface area contributed by atoms with Gasteiger partial charge < -0.3 is 14.4 Å². The molecule has 14 heavy (non-hydrogen) atoms. The van der Waals surface area contributed by atoms with E-state index in [-0.39, 0.29) is 5.97 Å². The number of hydrogen-bond donors (Lipinski definition) is 0. The van der Waals surface area contributed by atoms with Gasteiger partial charge in [0.05, 0.1) is 13.7 Å². The fourth-order valence-electron chi connectivity index (χ4n) is 1.07. The molecule has 0 aromatic heterocycles. The molecule has 0 atom stereocenters. The van der Waals surface area contributed by atoms with Gasteiger partial charge in [-0.05, 0) is 26.9 Å². The molecule has 0 saturated carbocycles. The minimum Gasteiger partial charge on any atom is -0.469 e. The first-order chi connectivity index (χ1) is 6.70. The van der Waals surface area contributed by atoms with Crippen LogP contribution in [0.25, 0.3) is 0 Å². The van der Waals surface area contributed by atoms with Crippen molar-refractivity contribution in [1.82, 2.24) is 4.90 Å². The van der Waals surface area contributed by atoms with Crippen LogP contribution in [0.5, 0.6) is 0 Å². The molecular formula is C10H21NO3. The third-order valence-corrected chi connectivity index (χ3v) is 1.97. The first kappa shape index (κ1) is 13.4. The molecule has 0 aromatic rings. The summed E-state index contributed by atoms with van der Waals surface area (Å²) in [5.74, 6) is -0.136. The van der Waals surface area contributed by atoms with Gasteiger partial charge in [0, 0.05) is 19.6 Å². The lowest BCUT2D eigenvalue weighted by Gasteiger charge is -2.15. The largest absolute Gasteiger partial charge is 0.469 e. The normalized spacial score (nSPS) is 10.6. The third kappa shape index (κ3) is 8.01. The highest BCUT2D eigenvalue weighted by Crippen LogP contribution is 1.94. The van der Waals surface area contributed by atoms with Crippen LogP contribution < -0.4 is 0 Å². The monoisotopic (exact) mass is 203 g/mol. The number of nitrogens with zero attached hydrogens (tertiary/aromatic N) is 1. The first-order valence-electron chi connectivity index (χ1n) is 5.03. The van der Waals surface area contributed by atoms with Gasteiger partial charge in [0.25, 0.3) is 0 Å². The van der Waals surface area contributed by atoms with E-state index >= 15 is 0 Å². The van der Waals surface area contributed by atoms with Crippen molar-refractivity contribution in [2.24, 2.45) is 0 Å². The Balaban J connectivity index is 3.26. The van der Waals surface area contributed by atoms with Crippen molar-refractivity contribution in [2.45, 2.75) is 19.8 Å². The SMILES string of the molecule is CCOCCN(C)CCCC(=O)OC.